The molecule has 0 saturated carbocycles. The fraction of sp³-hybridized carbons (Fsp3) is 0.462. The lowest BCUT2D eigenvalue weighted by molar-refractivity contribution is -0.139. The standard InChI is InChI=1S/C13H17FN2O3/c1-15-4-6-16(7-5-15)12-3-2-10(8-11(12)14)19-9-13(17)18/h2-3,8H,4-7,9H2,1H3,(H,17,18). The first-order valence-electron chi connectivity index (χ1n) is 6.14. The molecule has 1 heterocycles. The van der Waals surface area contributed by atoms with Crippen molar-refractivity contribution >= 4 is 11.7 Å². The van der Waals surface area contributed by atoms with Crippen LogP contribution in [-0.2, 0) is 4.79 Å². The number of aliphatic carboxylic acids is 1. The maximum absolute atomic E-state index is 14.0. The van der Waals surface area contributed by atoms with Crippen LogP contribution in [0.25, 0.3) is 0 Å². The first-order valence-corrected chi connectivity index (χ1v) is 6.14. The highest BCUT2D eigenvalue weighted by molar-refractivity contribution is 5.68. The van der Waals surface area contributed by atoms with Gasteiger partial charge in [-0.05, 0) is 19.2 Å². The summed E-state index contributed by atoms with van der Waals surface area (Å²) in [5, 5.41) is 8.50. The molecule has 1 aromatic rings. The minimum Gasteiger partial charge on any atom is -0.482 e. The number of hydrogen-bond donors (Lipinski definition) is 1. The molecule has 0 atom stereocenters. The van der Waals surface area contributed by atoms with E-state index >= 15 is 0 Å². The smallest absolute Gasteiger partial charge is 0.341 e. The first kappa shape index (κ1) is 13.6. The number of ether oxygens (including phenoxy) is 1. The van der Waals surface area contributed by atoms with Gasteiger partial charge in [0.1, 0.15) is 11.6 Å². The lowest BCUT2D eigenvalue weighted by Gasteiger charge is -2.34. The highest BCUT2D eigenvalue weighted by atomic mass is 19.1. The first-order chi connectivity index (χ1) is 9.06. The van der Waals surface area contributed by atoms with Crippen LogP contribution in [-0.4, -0.2) is 55.8 Å². The third-order valence-electron chi connectivity index (χ3n) is 3.13. The van der Waals surface area contributed by atoms with Gasteiger partial charge in [-0.15, -0.1) is 0 Å². The van der Waals surface area contributed by atoms with Crippen LogP contribution >= 0.6 is 0 Å². The Bertz CT molecular complexity index is 459. The van der Waals surface area contributed by atoms with Crippen LogP contribution in [0, 0.1) is 5.82 Å². The molecule has 0 amide bonds. The van der Waals surface area contributed by atoms with Gasteiger partial charge < -0.3 is 19.6 Å². The Balaban J connectivity index is 2.04. The minimum atomic E-state index is -1.08. The minimum absolute atomic E-state index is 0.234. The van der Waals surface area contributed by atoms with Crippen molar-refractivity contribution in [2.75, 3.05) is 44.7 Å². The normalized spacial score (nSPS) is 16.4. The fourth-order valence-electron chi connectivity index (χ4n) is 2.03. The van der Waals surface area contributed by atoms with Crippen LogP contribution in [0.5, 0.6) is 5.75 Å². The Hall–Kier alpha value is -1.82. The van der Waals surface area contributed by atoms with Crippen molar-refractivity contribution in [3.05, 3.63) is 24.0 Å². The summed E-state index contributed by atoms with van der Waals surface area (Å²) in [6, 6.07) is 4.47. The predicted molar refractivity (Wildman–Crippen MR) is 69.2 cm³/mol. The molecule has 0 aromatic heterocycles. The van der Waals surface area contributed by atoms with Gasteiger partial charge in [0.15, 0.2) is 6.61 Å². The van der Waals surface area contributed by atoms with Gasteiger partial charge in [-0.25, -0.2) is 9.18 Å². The van der Waals surface area contributed by atoms with Gasteiger partial charge in [0.2, 0.25) is 0 Å². The fourth-order valence-corrected chi connectivity index (χ4v) is 2.03. The number of halogens is 1. The van der Waals surface area contributed by atoms with Crippen molar-refractivity contribution in [1.29, 1.82) is 0 Å². The average molecular weight is 268 g/mol. The summed E-state index contributed by atoms with van der Waals surface area (Å²) in [4.78, 5) is 14.5. The van der Waals surface area contributed by atoms with Gasteiger partial charge in [-0.3, -0.25) is 0 Å². The van der Waals surface area contributed by atoms with E-state index in [0.29, 0.717) is 5.69 Å². The molecule has 6 heteroatoms. The number of nitrogens with zero attached hydrogens (tertiary/aromatic N) is 2. The number of carboxylic acid groups (broad SMARTS) is 1. The largest absolute Gasteiger partial charge is 0.482 e. The molecule has 1 aliphatic heterocycles. The monoisotopic (exact) mass is 268 g/mol. The summed E-state index contributed by atoms with van der Waals surface area (Å²) < 4.78 is 18.9. The summed E-state index contributed by atoms with van der Waals surface area (Å²) in [5.74, 6) is -1.23. The van der Waals surface area contributed by atoms with E-state index in [1.807, 2.05) is 11.9 Å². The molecule has 0 unspecified atom stereocenters. The third kappa shape index (κ3) is 3.57. The summed E-state index contributed by atoms with van der Waals surface area (Å²) in [7, 11) is 2.04. The summed E-state index contributed by atoms with van der Waals surface area (Å²) in [6.45, 7) is 2.90. The summed E-state index contributed by atoms with van der Waals surface area (Å²) in [5.41, 5.74) is 0.538. The van der Waals surface area contributed by atoms with E-state index in [0.717, 1.165) is 26.2 Å². The number of piperazine rings is 1. The Morgan fingerprint density at radius 1 is 1.37 bits per heavy atom. The van der Waals surface area contributed by atoms with Crippen LogP contribution in [0.4, 0.5) is 10.1 Å². The zero-order valence-corrected chi connectivity index (χ0v) is 10.8. The summed E-state index contributed by atoms with van der Waals surface area (Å²) >= 11 is 0. The van der Waals surface area contributed by atoms with E-state index in [1.54, 1.807) is 12.1 Å². The lowest BCUT2D eigenvalue weighted by atomic mass is 10.2. The molecule has 0 spiro atoms. The zero-order valence-electron chi connectivity index (χ0n) is 10.8. The quantitative estimate of drug-likeness (QED) is 0.884. The average Bonchev–Trinajstić information content (AvgIpc) is 2.38. The number of benzene rings is 1. The Morgan fingerprint density at radius 3 is 2.63 bits per heavy atom. The number of carboxylic acids is 1. The molecule has 1 fully saturated rings. The molecule has 0 bridgehead atoms. The zero-order chi connectivity index (χ0) is 13.8. The Labute approximate surface area is 111 Å². The van der Waals surface area contributed by atoms with Crippen LogP contribution in [0.15, 0.2) is 18.2 Å². The van der Waals surface area contributed by atoms with Crippen molar-refractivity contribution < 1.29 is 19.0 Å². The number of carbonyl (C=O) groups is 1. The maximum Gasteiger partial charge on any atom is 0.341 e. The second kappa shape index (κ2) is 5.88. The highest BCUT2D eigenvalue weighted by Crippen LogP contribution is 2.25. The third-order valence-corrected chi connectivity index (χ3v) is 3.13. The molecule has 104 valence electrons. The highest BCUT2D eigenvalue weighted by Gasteiger charge is 2.17. The number of anilines is 1. The van der Waals surface area contributed by atoms with E-state index in [-0.39, 0.29) is 11.6 Å². The second-order valence-electron chi connectivity index (χ2n) is 4.59. The number of hydrogen-bond acceptors (Lipinski definition) is 4. The molecule has 5 nitrogen and oxygen atoms in total. The number of rotatable bonds is 4. The molecule has 1 N–H and O–H groups in total. The molecular formula is C13H17FN2O3. The van der Waals surface area contributed by atoms with Crippen molar-refractivity contribution in [2.45, 2.75) is 0 Å². The van der Waals surface area contributed by atoms with Gasteiger partial charge >= 0.3 is 5.97 Å². The number of likely N-dealkylation sites (N-methyl/N-ethyl adjacent to an activating group) is 1. The maximum atomic E-state index is 14.0. The van der Waals surface area contributed by atoms with E-state index in [4.69, 9.17) is 9.84 Å². The van der Waals surface area contributed by atoms with Crippen molar-refractivity contribution in [2.24, 2.45) is 0 Å². The van der Waals surface area contributed by atoms with Gasteiger partial charge in [0, 0.05) is 32.2 Å². The molecule has 0 aliphatic carbocycles. The summed E-state index contributed by atoms with van der Waals surface area (Å²) in [6.07, 6.45) is 0. The van der Waals surface area contributed by atoms with Crippen LogP contribution in [0.3, 0.4) is 0 Å². The van der Waals surface area contributed by atoms with Gasteiger partial charge in [-0.2, -0.15) is 0 Å². The van der Waals surface area contributed by atoms with Crippen LogP contribution in [0.2, 0.25) is 0 Å². The van der Waals surface area contributed by atoms with Gasteiger partial charge in [-0.1, -0.05) is 0 Å². The van der Waals surface area contributed by atoms with E-state index in [2.05, 4.69) is 4.90 Å². The Kier molecular flexibility index (Phi) is 4.21. The van der Waals surface area contributed by atoms with E-state index in [1.165, 1.54) is 6.07 Å². The van der Waals surface area contributed by atoms with E-state index < -0.39 is 12.6 Å². The lowest BCUT2D eigenvalue weighted by Crippen LogP contribution is -2.44. The van der Waals surface area contributed by atoms with Gasteiger partial charge in [0.25, 0.3) is 0 Å². The molecule has 1 saturated heterocycles. The molecular weight excluding hydrogens is 251 g/mol. The second-order valence-corrected chi connectivity index (χ2v) is 4.59. The SMILES string of the molecule is CN1CCN(c2ccc(OCC(=O)O)cc2F)CC1. The van der Waals surface area contributed by atoms with Crippen molar-refractivity contribution in [1.82, 2.24) is 4.90 Å². The van der Waals surface area contributed by atoms with Crippen LogP contribution in [0.1, 0.15) is 0 Å². The van der Waals surface area contributed by atoms with Crippen molar-refractivity contribution in [3.63, 3.8) is 0 Å². The van der Waals surface area contributed by atoms with E-state index in [9.17, 15) is 9.18 Å². The Morgan fingerprint density at radius 2 is 2.05 bits per heavy atom. The van der Waals surface area contributed by atoms with Crippen LogP contribution < -0.4 is 9.64 Å². The van der Waals surface area contributed by atoms with Crippen molar-refractivity contribution in [3.8, 4) is 5.75 Å². The molecule has 1 aliphatic rings. The molecule has 2 rings (SSSR count). The predicted octanol–water partition coefficient (Wildman–Crippen LogP) is 1.04. The topological polar surface area (TPSA) is 53.0 Å². The molecule has 19 heavy (non-hydrogen) atoms. The van der Waals surface area contributed by atoms with Gasteiger partial charge in [0.05, 0.1) is 5.69 Å². The molecule has 0 radical (unpaired) electrons. The molecule has 1 aromatic carbocycles.